The zero-order valence-corrected chi connectivity index (χ0v) is 15.1. The molecule has 0 bridgehead atoms. The number of imidazole rings is 1. The third-order valence-electron chi connectivity index (χ3n) is 4.97. The lowest BCUT2D eigenvalue weighted by molar-refractivity contribution is -0.149. The molecule has 1 saturated heterocycles. The van der Waals surface area contributed by atoms with E-state index in [9.17, 15) is 19.5 Å². The third-order valence-corrected chi connectivity index (χ3v) is 4.97. The van der Waals surface area contributed by atoms with Gasteiger partial charge in [0.2, 0.25) is 11.8 Å². The first-order valence-corrected chi connectivity index (χ1v) is 8.91. The average molecular weight is 365 g/mol. The van der Waals surface area contributed by atoms with E-state index in [0.717, 1.165) is 6.42 Å². The maximum Gasteiger partial charge on any atom is 0.326 e. The minimum absolute atomic E-state index is 0.0311. The topological polar surface area (TPSA) is 141 Å². The number of carbonyl (C=O) groups excluding carboxylic acids is 2. The molecule has 1 aliphatic heterocycles. The van der Waals surface area contributed by atoms with Crippen LogP contribution in [0.25, 0.3) is 0 Å². The van der Waals surface area contributed by atoms with E-state index in [4.69, 9.17) is 5.73 Å². The molecule has 0 aromatic carbocycles. The number of likely N-dealkylation sites (tertiary alicyclic amines) is 1. The van der Waals surface area contributed by atoms with Gasteiger partial charge in [-0.05, 0) is 18.8 Å². The van der Waals surface area contributed by atoms with Gasteiger partial charge in [0.25, 0.3) is 0 Å². The van der Waals surface area contributed by atoms with E-state index >= 15 is 0 Å². The van der Waals surface area contributed by atoms with Gasteiger partial charge in [0.1, 0.15) is 12.1 Å². The molecule has 0 radical (unpaired) electrons. The zero-order valence-electron chi connectivity index (χ0n) is 15.1. The number of H-pyrrole nitrogens is 1. The van der Waals surface area contributed by atoms with Gasteiger partial charge in [0, 0.05) is 24.9 Å². The number of aliphatic carboxylic acids is 1. The van der Waals surface area contributed by atoms with Crippen LogP contribution in [0, 0.1) is 5.92 Å². The number of rotatable bonds is 8. The summed E-state index contributed by atoms with van der Waals surface area (Å²) in [6.07, 6.45) is 5.03. The second kappa shape index (κ2) is 8.79. The van der Waals surface area contributed by atoms with E-state index < -0.39 is 35.9 Å². The van der Waals surface area contributed by atoms with Crippen molar-refractivity contribution in [2.75, 3.05) is 6.54 Å². The molecule has 9 heteroatoms. The summed E-state index contributed by atoms with van der Waals surface area (Å²) in [4.78, 5) is 45.0. The number of carboxylic acids is 1. The van der Waals surface area contributed by atoms with Crippen LogP contribution in [0.15, 0.2) is 12.5 Å². The lowest BCUT2D eigenvalue weighted by atomic mass is 9.98. The van der Waals surface area contributed by atoms with Crippen molar-refractivity contribution >= 4 is 17.8 Å². The molecule has 0 spiro atoms. The van der Waals surface area contributed by atoms with E-state index in [1.807, 2.05) is 13.8 Å². The molecule has 1 fully saturated rings. The highest BCUT2D eigenvalue weighted by Crippen LogP contribution is 2.19. The van der Waals surface area contributed by atoms with Crippen LogP contribution in [0.3, 0.4) is 0 Å². The second-order valence-electron chi connectivity index (χ2n) is 6.78. The molecule has 2 heterocycles. The molecule has 1 aromatic rings. The smallest absolute Gasteiger partial charge is 0.326 e. The Balaban J connectivity index is 2.16. The Kier molecular flexibility index (Phi) is 6.73. The number of aromatic amines is 1. The van der Waals surface area contributed by atoms with Crippen molar-refractivity contribution in [1.29, 1.82) is 0 Å². The molecule has 0 aliphatic carbocycles. The average Bonchev–Trinajstić information content (AvgIpc) is 3.30. The monoisotopic (exact) mass is 365 g/mol. The molecular formula is C17H27N5O4. The highest BCUT2D eigenvalue weighted by atomic mass is 16.4. The number of nitrogens with two attached hydrogens (primary N) is 1. The van der Waals surface area contributed by atoms with Crippen molar-refractivity contribution in [3.05, 3.63) is 18.2 Å². The number of nitrogens with zero attached hydrogens (tertiary/aromatic N) is 2. The van der Waals surface area contributed by atoms with Crippen LogP contribution in [-0.4, -0.2) is 62.4 Å². The molecule has 144 valence electrons. The minimum Gasteiger partial charge on any atom is -0.480 e. The molecule has 9 nitrogen and oxygen atoms in total. The highest BCUT2D eigenvalue weighted by Gasteiger charge is 2.38. The van der Waals surface area contributed by atoms with E-state index in [-0.39, 0.29) is 12.3 Å². The van der Waals surface area contributed by atoms with E-state index in [2.05, 4.69) is 15.3 Å². The van der Waals surface area contributed by atoms with Gasteiger partial charge in [-0.25, -0.2) is 9.78 Å². The molecule has 0 saturated carbocycles. The molecule has 2 rings (SSSR count). The summed E-state index contributed by atoms with van der Waals surface area (Å²) in [5.41, 5.74) is 6.64. The van der Waals surface area contributed by atoms with Crippen molar-refractivity contribution in [2.24, 2.45) is 11.7 Å². The lowest BCUT2D eigenvalue weighted by Gasteiger charge is -2.28. The van der Waals surface area contributed by atoms with Crippen LogP contribution in [0.4, 0.5) is 0 Å². The van der Waals surface area contributed by atoms with Gasteiger partial charge >= 0.3 is 5.97 Å². The van der Waals surface area contributed by atoms with Crippen LogP contribution in [0.2, 0.25) is 0 Å². The van der Waals surface area contributed by atoms with Crippen molar-refractivity contribution in [3.8, 4) is 0 Å². The van der Waals surface area contributed by atoms with Crippen molar-refractivity contribution in [1.82, 2.24) is 20.2 Å². The summed E-state index contributed by atoms with van der Waals surface area (Å²) in [6, 6.07) is -2.48. The van der Waals surface area contributed by atoms with Gasteiger partial charge in [-0.1, -0.05) is 20.3 Å². The van der Waals surface area contributed by atoms with E-state index in [1.165, 1.54) is 11.2 Å². The van der Waals surface area contributed by atoms with Crippen molar-refractivity contribution < 1.29 is 19.5 Å². The second-order valence-corrected chi connectivity index (χ2v) is 6.78. The number of amides is 2. The summed E-state index contributed by atoms with van der Waals surface area (Å²) in [6.45, 7) is 4.17. The van der Waals surface area contributed by atoms with Gasteiger partial charge < -0.3 is 26.0 Å². The zero-order chi connectivity index (χ0) is 19.3. The fraction of sp³-hybridized carbons (Fsp3) is 0.647. The van der Waals surface area contributed by atoms with Crippen LogP contribution in [-0.2, 0) is 20.8 Å². The van der Waals surface area contributed by atoms with Crippen molar-refractivity contribution in [3.63, 3.8) is 0 Å². The standard InChI is InChI=1S/C17H27N5O4/c1-3-10(2)14(18)15(23)21-12(7-11-8-19-9-20-11)16(24)22-6-4-5-13(22)17(25)26/h8-10,12-14H,3-7,18H2,1-2H3,(H,19,20)(H,21,23)(H,25,26)/t10-,12-,13+,14-/m0/s1. The molecule has 0 unspecified atom stereocenters. The number of nitrogens with one attached hydrogen (secondary N) is 2. The number of carboxylic acid groups (broad SMARTS) is 1. The summed E-state index contributed by atoms with van der Waals surface area (Å²) in [7, 11) is 0. The Hall–Kier alpha value is -2.42. The van der Waals surface area contributed by atoms with Crippen molar-refractivity contribution in [2.45, 2.75) is 57.7 Å². The van der Waals surface area contributed by atoms with Crippen LogP contribution in [0.1, 0.15) is 38.8 Å². The lowest BCUT2D eigenvalue weighted by Crippen LogP contribution is -2.56. The van der Waals surface area contributed by atoms with Gasteiger partial charge in [0.15, 0.2) is 0 Å². The predicted octanol–water partition coefficient (Wildman–Crippen LogP) is -0.114. The Morgan fingerprint density at radius 1 is 1.50 bits per heavy atom. The molecule has 1 aliphatic rings. The summed E-state index contributed by atoms with van der Waals surface area (Å²) in [5.74, 6) is -1.88. The molecule has 2 amide bonds. The quantitative estimate of drug-likeness (QED) is 0.506. The number of aromatic nitrogens is 2. The normalized spacial score (nSPS) is 20.4. The maximum atomic E-state index is 13.0. The molecule has 1 aromatic heterocycles. The minimum atomic E-state index is -1.03. The van der Waals surface area contributed by atoms with Gasteiger partial charge in [-0.2, -0.15) is 0 Å². The SMILES string of the molecule is CC[C@H](C)[C@H](N)C(=O)N[C@@H](Cc1cnc[nH]1)C(=O)N1CCC[C@@H]1C(=O)O. The Morgan fingerprint density at radius 3 is 2.81 bits per heavy atom. The fourth-order valence-electron chi connectivity index (χ4n) is 3.08. The predicted molar refractivity (Wildman–Crippen MR) is 94.0 cm³/mol. The van der Waals surface area contributed by atoms with Gasteiger partial charge in [0.05, 0.1) is 12.4 Å². The van der Waals surface area contributed by atoms with Gasteiger partial charge in [-0.3, -0.25) is 9.59 Å². The number of carbonyl (C=O) groups is 3. The summed E-state index contributed by atoms with van der Waals surface area (Å²) in [5, 5.41) is 12.0. The number of hydrogen-bond donors (Lipinski definition) is 4. The highest BCUT2D eigenvalue weighted by molar-refractivity contribution is 5.92. The molecular weight excluding hydrogens is 338 g/mol. The first kappa shape index (κ1) is 19.9. The summed E-state index contributed by atoms with van der Waals surface area (Å²) >= 11 is 0. The van der Waals surface area contributed by atoms with E-state index in [0.29, 0.717) is 25.1 Å². The van der Waals surface area contributed by atoms with Crippen LogP contribution < -0.4 is 11.1 Å². The van der Waals surface area contributed by atoms with Crippen LogP contribution >= 0.6 is 0 Å². The Bertz CT molecular complexity index is 633. The van der Waals surface area contributed by atoms with Crippen LogP contribution in [0.5, 0.6) is 0 Å². The van der Waals surface area contributed by atoms with Gasteiger partial charge in [-0.15, -0.1) is 0 Å². The Morgan fingerprint density at radius 2 is 2.23 bits per heavy atom. The maximum absolute atomic E-state index is 13.0. The third kappa shape index (κ3) is 4.60. The first-order chi connectivity index (χ1) is 12.3. The summed E-state index contributed by atoms with van der Waals surface area (Å²) < 4.78 is 0. The van der Waals surface area contributed by atoms with E-state index in [1.54, 1.807) is 6.20 Å². The number of hydrogen-bond acceptors (Lipinski definition) is 5. The first-order valence-electron chi connectivity index (χ1n) is 8.91. The molecule has 5 N–H and O–H groups in total. The Labute approximate surface area is 152 Å². The molecule has 4 atom stereocenters. The largest absolute Gasteiger partial charge is 0.480 e. The fourth-order valence-corrected chi connectivity index (χ4v) is 3.08. The molecule has 26 heavy (non-hydrogen) atoms.